The van der Waals surface area contributed by atoms with Crippen LogP contribution < -0.4 is 16.4 Å². The van der Waals surface area contributed by atoms with Crippen LogP contribution in [0.2, 0.25) is 5.02 Å². The van der Waals surface area contributed by atoms with E-state index >= 15 is 0 Å². The standard InChI is InChI=1S/C16H14ClF3N4O2/c1-22-13(25)7-11-14(15(21)26)10(16(18,19)20)6-12(24-11)23-9-4-2-3-8(17)5-9/h2-6H,7H2,1H3,(H2,21,26)(H,22,25)(H,23,24). The number of primary amides is 1. The lowest BCUT2D eigenvalue weighted by molar-refractivity contribution is -0.138. The van der Waals surface area contributed by atoms with E-state index in [9.17, 15) is 22.8 Å². The molecule has 0 radical (unpaired) electrons. The Morgan fingerprint density at radius 3 is 2.50 bits per heavy atom. The Labute approximate surface area is 151 Å². The summed E-state index contributed by atoms with van der Waals surface area (Å²) in [7, 11) is 1.31. The number of nitrogens with one attached hydrogen (secondary N) is 2. The van der Waals surface area contributed by atoms with E-state index in [1.165, 1.54) is 13.1 Å². The number of amides is 2. The minimum atomic E-state index is -4.87. The van der Waals surface area contributed by atoms with Crippen molar-refractivity contribution in [2.45, 2.75) is 12.6 Å². The zero-order valence-corrected chi connectivity index (χ0v) is 14.2. The van der Waals surface area contributed by atoms with Crippen molar-refractivity contribution in [1.82, 2.24) is 10.3 Å². The number of aromatic nitrogens is 1. The van der Waals surface area contributed by atoms with Crippen molar-refractivity contribution in [3.63, 3.8) is 0 Å². The summed E-state index contributed by atoms with van der Waals surface area (Å²) in [6.45, 7) is 0. The number of anilines is 2. The lowest BCUT2D eigenvalue weighted by atomic mass is 10.0. The molecule has 2 aromatic rings. The summed E-state index contributed by atoms with van der Waals surface area (Å²) in [6, 6.07) is 6.90. The van der Waals surface area contributed by atoms with E-state index in [1.807, 2.05) is 0 Å². The number of likely N-dealkylation sites (N-methyl/N-ethyl adjacent to an activating group) is 1. The topological polar surface area (TPSA) is 97.1 Å². The average Bonchev–Trinajstić information content (AvgIpc) is 2.53. The van der Waals surface area contributed by atoms with Gasteiger partial charge in [-0.2, -0.15) is 13.2 Å². The van der Waals surface area contributed by atoms with Gasteiger partial charge in [-0.25, -0.2) is 4.98 Å². The first-order valence-corrected chi connectivity index (χ1v) is 7.63. The maximum atomic E-state index is 13.4. The number of carbonyl (C=O) groups excluding carboxylic acids is 2. The number of rotatable bonds is 5. The molecule has 0 aliphatic heterocycles. The number of benzene rings is 1. The minimum absolute atomic E-state index is 0.205. The number of halogens is 4. The van der Waals surface area contributed by atoms with Crippen LogP contribution in [0.25, 0.3) is 0 Å². The van der Waals surface area contributed by atoms with Crippen molar-refractivity contribution < 1.29 is 22.8 Å². The third-order valence-corrected chi connectivity index (χ3v) is 3.59. The summed E-state index contributed by atoms with van der Waals surface area (Å²) in [6.07, 6.45) is -5.40. The van der Waals surface area contributed by atoms with Gasteiger partial charge in [-0.05, 0) is 24.3 Å². The first kappa shape index (κ1) is 19.5. The smallest absolute Gasteiger partial charge is 0.366 e. The summed E-state index contributed by atoms with van der Waals surface area (Å²) in [5.41, 5.74) is 3.00. The number of carbonyl (C=O) groups is 2. The normalized spacial score (nSPS) is 11.1. The van der Waals surface area contributed by atoms with E-state index in [-0.39, 0.29) is 11.5 Å². The van der Waals surface area contributed by atoms with Crippen LogP contribution in [0.4, 0.5) is 24.7 Å². The molecule has 1 aromatic heterocycles. The molecule has 0 atom stereocenters. The van der Waals surface area contributed by atoms with E-state index in [2.05, 4.69) is 15.6 Å². The molecule has 0 saturated heterocycles. The molecule has 0 unspecified atom stereocenters. The molecule has 1 heterocycles. The van der Waals surface area contributed by atoms with E-state index in [0.717, 1.165) is 0 Å². The Hall–Kier alpha value is -2.81. The van der Waals surface area contributed by atoms with Gasteiger partial charge in [-0.1, -0.05) is 17.7 Å². The molecule has 0 spiro atoms. The number of nitrogens with zero attached hydrogens (tertiary/aromatic N) is 1. The maximum Gasteiger partial charge on any atom is 0.417 e. The quantitative estimate of drug-likeness (QED) is 0.736. The van der Waals surface area contributed by atoms with Gasteiger partial charge in [-0.3, -0.25) is 9.59 Å². The van der Waals surface area contributed by atoms with E-state index in [4.69, 9.17) is 17.3 Å². The Kier molecular flexibility index (Phi) is 5.71. The Balaban J connectivity index is 2.60. The average molecular weight is 387 g/mol. The van der Waals surface area contributed by atoms with Gasteiger partial charge >= 0.3 is 6.18 Å². The van der Waals surface area contributed by atoms with E-state index < -0.39 is 35.5 Å². The Morgan fingerprint density at radius 1 is 1.27 bits per heavy atom. The summed E-state index contributed by atoms with van der Waals surface area (Å²) in [5, 5.41) is 5.31. The number of pyridine rings is 1. The highest BCUT2D eigenvalue weighted by Gasteiger charge is 2.37. The Bertz CT molecular complexity index is 856. The third-order valence-electron chi connectivity index (χ3n) is 3.35. The summed E-state index contributed by atoms with van der Waals surface area (Å²) >= 11 is 5.85. The molecule has 2 amide bonds. The maximum absolute atomic E-state index is 13.4. The largest absolute Gasteiger partial charge is 0.417 e. The van der Waals surface area contributed by atoms with Crippen LogP contribution in [0.3, 0.4) is 0 Å². The molecule has 10 heteroatoms. The van der Waals surface area contributed by atoms with Gasteiger partial charge in [-0.15, -0.1) is 0 Å². The van der Waals surface area contributed by atoms with Gasteiger partial charge in [0.05, 0.1) is 23.2 Å². The zero-order valence-electron chi connectivity index (χ0n) is 13.4. The fourth-order valence-corrected chi connectivity index (χ4v) is 2.43. The molecule has 4 N–H and O–H groups in total. The first-order chi connectivity index (χ1) is 12.1. The second-order valence-electron chi connectivity index (χ2n) is 5.22. The van der Waals surface area contributed by atoms with Gasteiger partial charge in [0.1, 0.15) is 5.82 Å². The highest BCUT2D eigenvalue weighted by Crippen LogP contribution is 2.35. The summed E-state index contributed by atoms with van der Waals surface area (Å²) < 4.78 is 40.2. The molecule has 26 heavy (non-hydrogen) atoms. The second kappa shape index (κ2) is 7.61. The van der Waals surface area contributed by atoms with Crippen molar-refractivity contribution in [3.8, 4) is 0 Å². The molecule has 0 fully saturated rings. The molecular weight excluding hydrogens is 373 g/mol. The van der Waals surface area contributed by atoms with Crippen molar-refractivity contribution in [2.24, 2.45) is 5.73 Å². The monoisotopic (exact) mass is 386 g/mol. The fourth-order valence-electron chi connectivity index (χ4n) is 2.24. The van der Waals surface area contributed by atoms with E-state index in [1.54, 1.807) is 18.2 Å². The SMILES string of the molecule is CNC(=O)Cc1nc(Nc2cccc(Cl)c2)cc(C(F)(F)F)c1C(N)=O. The van der Waals surface area contributed by atoms with Gasteiger partial charge in [0.2, 0.25) is 5.91 Å². The number of alkyl halides is 3. The number of nitrogens with two attached hydrogens (primary N) is 1. The van der Waals surface area contributed by atoms with Gasteiger partial charge in [0.15, 0.2) is 0 Å². The molecule has 1 aromatic carbocycles. The predicted molar refractivity (Wildman–Crippen MR) is 90.3 cm³/mol. The highest BCUT2D eigenvalue weighted by molar-refractivity contribution is 6.30. The van der Waals surface area contributed by atoms with E-state index in [0.29, 0.717) is 16.8 Å². The lowest BCUT2D eigenvalue weighted by Crippen LogP contribution is -2.27. The zero-order chi connectivity index (χ0) is 19.5. The fraction of sp³-hybridized carbons (Fsp3) is 0.188. The molecule has 0 aliphatic carbocycles. The number of hydrogen-bond acceptors (Lipinski definition) is 4. The van der Waals surface area contributed by atoms with Crippen molar-refractivity contribution in [2.75, 3.05) is 12.4 Å². The minimum Gasteiger partial charge on any atom is -0.366 e. The van der Waals surface area contributed by atoms with Crippen LogP contribution in [-0.4, -0.2) is 23.8 Å². The third kappa shape index (κ3) is 4.63. The molecule has 138 valence electrons. The van der Waals surface area contributed by atoms with Crippen LogP contribution in [0.5, 0.6) is 0 Å². The van der Waals surface area contributed by atoms with Crippen LogP contribution in [0.1, 0.15) is 21.6 Å². The predicted octanol–water partition coefficient (Wildman–Crippen LogP) is 2.88. The van der Waals surface area contributed by atoms with Gasteiger partial charge < -0.3 is 16.4 Å². The molecule has 6 nitrogen and oxygen atoms in total. The van der Waals surface area contributed by atoms with Gasteiger partial charge in [0, 0.05) is 17.8 Å². The van der Waals surface area contributed by atoms with Crippen LogP contribution in [-0.2, 0) is 17.4 Å². The van der Waals surface area contributed by atoms with Crippen molar-refractivity contribution in [1.29, 1.82) is 0 Å². The summed E-state index contributed by atoms with van der Waals surface area (Å²) in [4.78, 5) is 27.2. The van der Waals surface area contributed by atoms with Crippen LogP contribution in [0, 0.1) is 0 Å². The summed E-state index contributed by atoms with van der Waals surface area (Å²) in [5.74, 6) is -2.14. The van der Waals surface area contributed by atoms with Crippen molar-refractivity contribution >= 4 is 34.9 Å². The van der Waals surface area contributed by atoms with Gasteiger partial charge in [0.25, 0.3) is 5.91 Å². The second-order valence-corrected chi connectivity index (χ2v) is 5.66. The molecular formula is C16H14ClF3N4O2. The molecule has 0 bridgehead atoms. The first-order valence-electron chi connectivity index (χ1n) is 7.26. The lowest BCUT2D eigenvalue weighted by Gasteiger charge is -2.17. The molecule has 0 saturated carbocycles. The number of hydrogen-bond donors (Lipinski definition) is 3. The highest BCUT2D eigenvalue weighted by atomic mass is 35.5. The van der Waals surface area contributed by atoms with Crippen LogP contribution in [0.15, 0.2) is 30.3 Å². The molecule has 2 rings (SSSR count). The van der Waals surface area contributed by atoms with Crippen molar-refractivity contribution in [3.05, 3.63) is 52.2 Å². The Morgan fingerprint density at radius 2 is 1.96 bits per heavy atom. The van der Waals surface area contributed by atoms with Crippen LogP contribution >= 0.6 is 11.6 Å². The molecule has 0 aliphatic rings.